The van der Waals surface area contributed by atoms with E-state index in [-0.39, 0.29) is 16.6 Å². The van der Waals surface area contributed by atoms with Crippen LogP contribution in [0.4, 0.5) is 0 Å². The number of carbonyl (C=O) groups is 1. The van der Waals surface area contributed by atoms with Crippen molar-refractivity contribution in [3.8, 4) is 11.5 Å². The average molecular weight is 479 g/mol. The lowest BCUT2D eigenvalue weighted by atomic mass is 9.68. The summed E-state index contributed by atoms with van der Waals surface area (Å²) in [5.74, 6) is 1.79. The van der Waals surface area contributed by atoms with Crippen LogP contribution in [0.15, 0.2) is 24.3 Å². The first-order valence-corrected chi connectivity index (χ1v) is 13.2. The summed E-state index contributed by atoms with van der Waals surface area (Å²) >= 11 is 0. The lowest BCUT2D eigenvalue weighted by molar-refractivity contribution is -0.120. The van der Waals surface area contributed by atoms with E-state index in [0.717, 1.165) is 48.3 Å². The van der Waals surface area contributed by atoms with Crippen molar-refractivity contribution in [2.45, 2.75) is 110 Å². The highest BCUT2D eigenvalue weighted by Crippen LogP contribution is 2.48. The SMILES string of the molecule is COc1c2cc(C(C)(C)C)cc1C(C)(C(C)=O)c1cc(C(C)(C)C)cc(c1OC)CCCCCC2. The molecule has 0 spiro atoms. The highest BCUT2D eigenvalue weighted by atomic mass is 16.5. The minimum atomic E-state index is -0.906. The topological polar surface area (TPSA) is 35.5 Å². The van der Waals surface area contributed by atoms with Crippen molar-refractivity contribution < 1.29 is 14.3 Å². The highest BCUT2D eigenvalue weighted by molar-refractivity contribution is 5.93. The number of ketones is 1. The Balaban J connectivity index is 2.53. The molecule has 0 saturated heterocycles. The summed E-state index contributed by atoms with van der Waals surface area (Å²) in [7, 11) is 3.48. The number of fused-ring (bicyclic) bond motifs is 4. The van der Waals surface area contributed by atoms with Gasteiger partial charge in [-0.2, -0.15) is 0 Å². The van der Waals surface area contributed by atoms with Crippen LogP contribution in [0.25, 0.3) is 0 Å². The molecule has 35 heavy (non-hydrogen) atoms. The molecule has 3 rings (SSSR count). The van der Waals surface area contributed by atoms with E-state index in [0.29, 0.717) is 0 Å². The molecule has 3 heteroatoms. The molecule has 0 aromatic heterocycles. The molecule has 1 aliphatic rings. The quantitative estimate of drug-likeness (QED) is 0.450. The van der Waals surface area contributed by atoms with Crippen molar-refractivity contribution in [1.82, 2.24) is 0 Å². The standard InChI is InChI=1S/C32H46O3/c1-21(33)32(8)26-19-24(30(2,3)4)17-22(28(26)34-9)15-13-11-12-14-16-23-18-25(31(5,6)7)20-27(32)29(23)35-10/h17-20H,11-16H2,1-10H3. The lowest BCUT2D eigenvalue weighted by Gasteiger charge is -2.35. The Kier molecular flexibility index (Phi) is 7.79. The second kappa shape index (κ2) is 9.99. The highest BCUT2D eigenvalue weighted by Gasteiger charge is 2.42. The van der Waals surface area contributed by atoms with Gasteiger partial charge in [0.2, 0.25) is 0 Å². The van der Waals surface area contributed by atoms with Gasteiger partial charge in [0, 0.05) is 11.1 Å². The third-order valence-corrected chi connectivity index (χ3v) is 7.90. The average Bonchev–Trinajstić information content (AvgIpc) is 2.77. The molecule has 0 atom stereocenters. The fourth-order valence-electron chi connectivity index (χ4n) is 5.35. The van der Waals surface area contributed by atoms with E-state index >= 15 is 0 Å². The zero-order chi connectivity index (χ0) is 26.2. The number of hydrogen-bond acceptors (Lipinski definition) is 3. The molecule has 0 saturated carbocycles. The molecule has 0 radical (unpaired) electrons. The van der Waals surface area contributed by atoms with E-state index in [2.05, 4.69) is 72.7 Å². The molecule has 0 amide bonds. The number of aryl methyl sites for hydroxylation is 2. The Bertz CT molecular complexity index is 1000. The van der Waals surface area contributed by atoms with Crippen molar-refractivity contribution in [3.05, 3.63) is 57.6 Å². The summed E-state index contributed by atoms with van der Waals surface area (Å²) in [5.41, 5.74) is 5.76. The second-order valence-electron chi connectivity index (χ2n) is 12.5. The Morgan fingerprint density at radius 2 is 1.09 bits per heavy atom. The van der Waals surface area contributed by atoms with Gasteiger partial charge >= 0.3 is 0 Å². The Hall–Kier alpha value is -2.29. The molecular weight excluding hydrogens is 432 g/mol. The van der Waals surface area contributed by atoms with E-state index in [1.165, 1.54) is 35.1 Å². The molecule has 0 fully saturated rings. The van der Waals surface area contributed by atoms with Crippen molar-refractivity contribution in [1.29, 1.82) is 0 Å². The number of ether oxygens (including phenoxy) is 2. The number of carbonyl (C=O) groups excluding carboxylic acids is 1. The largest absolute Gasteiger partial charge is 0.496 e. The van der Waals surface area contributed by atoms with Crippen LogP contribution in [0.1, 0.15) is 114 Å². The fraction of sp³-hybridized carbons (Fsp3) is 0.594. The van der Waals surface area contributed by atoms with Gasteiger partial charge in [-0.1, -0.05) is 78.6 Å². The maximum absolute atomic E-state index is 13.8. The van der Waals surface area contributed by atoms with E-state index in [9.17, 15) is 4.79 Å². The molecule has 1 aliphatic carbocycles. The summed E-state index contributed by atoms with van der Waals surface area (Å²) in [6.07, 6.45) is 6.49. The summed E-state index contributed by atoms with van der Waals surface area (Å²) < 4.78 is 12.2. The first kappa shape index (κ1) is 27.3. The molecule has 0 unspecified atom stereocenters. The van der Waals surface area contributed by atoms with Crippen LogP contribution in [-0.2, 0) is 33.9 Å². The van der Waals surface area contributed by atoms with Gasteiger partial charge in [-0.3, -0.25) is 4.79 Å². The number of rotatable bonds is 3. The maximum atomic E-state index is 13.8. The van der Waals surface area contributed by atoms with Crippen molar-refractivity contribution in [2.75, 3.05) is 14.2 Å². The molecule has 2 aromatic carbocycles. The third-order valence-electron chi connectivity index (χ3n) is 7.90. The van der Waals surface area contributed by atoms with Gasteiger partial charge in [0.1, 0.15) is 17.3 Å². The Morgan fingerprint density at radius 1 is 0.714 bits per heavy atom. The predicted molar refractivity (Wildman–Crippen MR) is 146 cm³/mol. The van der Waals surface area contributed by atoms with E-state index in [4.69, 9.17) is 9.47 Å². The van der Waals surface area contributed by atoms with Gasteiger partial charge < -0.3 is 9.47 Å². The van der Waals surface area contributed by atoms with Gasteiger partial charge in [-0.15, -0.1) is 0 Å². The third kappa shape index (κ3) is 5.29. The van der Waals surface area contributed by atoms with Crippen LogP contribution >= 0.6 is 0 Å². The van der Waals surface area contributed by atoms with Crippen molar-refractivity contribution in [3.63, 3.8) is 0 Å². The molecule has 0 N–H and O–H groups in total. The van der Waals surface area contributed by atoms with Gasteiger partial charge in [0.25, 0.3) is 0 Å². The molecule has 192 valence electrons. The van der Waals surface area contributed by atoms with Crippen LogP contribution in [0.3, 0.4) is 0 Å². The maximum Gasteiger partial charge on any atom is 0.144 e. The Labute approximate surface area is 213 Å². The van der Waals surface area contributed by atoms with Crippen LogP contribution in [-0.4, -0.2) is 20.0 Å². The lowest BCUT2D eigenvalue weighted by Crippen LogP contribution is -2.34. The normalized spacial score (nSPS) is 16.5. The van der Waals surface area contributed by atoms with Gasteiger partial charge in [-0.05, 0) is 72.6 Å². The predicted octanol–water partition coefficient (Wildman–Crippen LogP) is 7.85. The monoisotopic (exact) mass is 478 g/mol. The van der Waals surface area contributed by atoms with Gasteiger partial charge in [0.15, 0.2) is 0 Å². The number of Topliss-reactive ketones (excluding diaryl/α,β-unsaturated/α-hetero) is 1. The molecule has 2 aromatic rings. The molecule has 0 aliphatic heterocycles. The number of benzene rings is 2. The molecule has 3 nitrogen and oxygen atoms in total. The second-order valence-corrected chi connectivity index (χ2v) is 12.5. The first-order chi connectivity index (χ1) is 16.2. The summed E-state index contributed by atoms with van der Waals surface area (Å²) in [4.78, 5) is 13.8. The van der Waals surface area contributed by atoms with Crippen molar-refractivity contribution >= 4 is 5.78 Å². The van der Waals surface area contributed by atoms with E-state index < -0.39 is 5.41 Å². The fourth-order valence-corrected chi connectivity index (χ4v) is 5.35. The zero-order valence-corrected chi connectivity index (χ0v) is 23.8. The summed E-state index contributed by atoms with van der Waals surface area (Å²) in [6, 6.07) is 9.03. The summed E-state index contributed by atoms with van der Waals surface area (Å²) in [6.45, 7) is 17.2. The zero-order valence-electron chi connectivity index (χ0n) is 23.8. The van der Waals surface area contributed by atoms with Crippen LogP contribution in [0.5, 0.6) is 11.5 Å². The number of hydrogen-bond donors (Lipinski definition) is 0. The van der Waals surface area contributed by atoms with E-state index in [1.54, 1.807) is 21.1 Å². The van der Waals surface area contributed by atoms with Crippen LogP contribution in [0, 0.1) is 0 Å². The van der Waals surface area contributed by atoms with Crippen LogP contribution < -0.4 is 9.47 Å². The Morgan fingerprint density at radius 3 is 1.37 bits per heavy atom. The van der Waals surface area contributed by atoms with Crippen molar-refractivity contribution in [2.24, 2.45) is 0 Å². The molecule has 4 bridgehead atoms. The molecular formula is C32H46O3. The number of methoxy groups -OCH3 is 2. The first-order valence-electron chi connectivity index (χ1n) is 13.2. The van der Waals surface area contributed by atoms with E-state index in [1.807, 2.05) is 0 Å². The van der Waals surface area contributed by atoms with Crippen LogP contribution in [0.2, 0.25) is 0 Å². The van der Waals surface area contributed by atoms with Gasteiger partial charge in [0.05, 0.1) is 19.6 Å². The summed E-state index contributed by atoms with van der Waals surface area (Å²) in [5, 5.41) is 0. The molecule has 0 heterocycles. The minimum Gasteiger partial charge on any atom is -0.496 e. The van der Waals surface area contributed by atoms with Gasteiger partial charge in [-0.25, -0.2) is 0 Å². The smallest absolute Gasteiger partial charge is 0.144 e. The minimum absolute atomic E-state index is 0.0517.